The molecule has 0 radical (unpaired) electrons. The standard InChI is InChI=1S/C25H26F2N2O7S/c1-15(22(31)32)28-20-12-16(21(30)14-25(2)8-10-37(34,35)11-9-25)6-7-19(20)29(24(28)33)17-4-3-5-18(13-17)36-23(26)27/h3-7,12-13,15,23H,8-11,14H2,1-2H3,(H,31,32). The molecule has 0 aliphatic carbocycles. The van der Waals surface area contributed by atoms with Gasteiger partial charge in [0.2, 0.25) is 0 Å². The number of halogens is 2. The van der Waals surface area contributed by atoms with Crippen LogP contribution < -0.4 is 10.4 Å². The molecule has 3 aromatic rings. The molecule has 2 heterocycles. The monoisotopic (exact) mass is 536 g/mol. The van der Waals surface area contributed by atoms with Crippen molar-refractivity contribution in [1.82, 2.24) is 9.13 Å². The summed E-state index contributed by atoms with van der Waals surface area (Å²) < 4.78 is 55.7. The van der Waals surface area contributed by atoms with Crippen molar-refractivity contribution in [2.24, 2.45) is 5.41 Å². The number of rotatable bonds is 8. The first-order chi connectivity index (χ1) is 17.3. The minimum Gasteiger partial charge on any atom is -0.480 e. The number of imidazole rings is 1. The molecule has 0 saturated carbocycles. The van der Waals surface area contributed by atoms with Crippen molar-refractivity contribution in [1.29, 1.82) is 0 Å². The van der Waals surface area contributed by atoms with Crippen LogP contribution in [0.2, 0.25) is 0 Å². The SMILES string of the molecule is CC(C(=O)O)n1c(=O)n(-c2cccc(OC(F)F)c2)c2ccc(C(=O)CC3(C)CCS(=O)(=O)CC3)cc21. The zero-order valence-corrected chi connectivity index (χ0v) is 21.0. The van der Waals surface area contributed by atoms with Crippen LogP contribution >= 0.6 is 0 Å². The molecule has 1 aromatic heterocycles. The molecule has 2 aromatic carbocycles. The summed E-state index contributed by atoms with van der Waals surface area (Å²) in [7, 11) is -3.10. The largest absolute Gasteiger partial charge is 0.480 e. The smallest absolute Gasteiger partial charge is 0.387 e. The number of nitrogens with zero attached hydrogens (tertiary/aromatic N) is 2. The molecule has 1 atom stereocenters. The summed E-state index contributed by atoms with van der Waals surface area (Å²) in [5.41, 5.74) is -0.336. The Bertz CT molecular complexity index is 1530. The van der Waals surface area contributed by atoms with Crippen molar-refractivity contribution in [3.05, 3.63) is 58.5 Å². The van der Waals surface area contributed by atoms with E-state index in [-0.39, 0.29) is 51.7 Å². The minimum absolute atomic E-state index is 0.0165. The summed E-state index contributed by atoms with van der Waals surface area (Å²) in [5.74, 6) is -1.68. The molecule has 198 valence electrons. The first-order valence-electron chi connectivity index (χ1n) is 11.6. The van der Waals surface area contributed by atoms with E-state index in [1.807, 2.05) is 6.92 Å². The number of carboxylic acids is 1. The number of aliphatic carboxylic acids is 1. The number of fused-ring (bicyclic) bond motifs is 1. The van der Waals surface area contributed by atoms with Crippen LogP contribution in [0.15, 0.2) is 47.3 Å². The topological polar surface area (TPSA) is 125 Å². The third kappa shape index (κ3) is 5.43. The number of sulfone groups is 1. The average Bonchev–Trinajstić information content (AvgIpc) is 3.11. The van der Waals surface area contributed by atoms with Crippen LogP contribution in [0.1, 0.15) is 49.5 Å². The maximum absolute atomic E-state index is 13.4. The summed E-state index contributed by atoms with van der Waals surface area (Å²) in [5, 5.41) is 9.63. The maximum atomic E-state index is 13.4. The highest BCUT2D eigenvalue weighted by Gasteiger charge is 2.35. The van der Waals surface area contributed by atoms with Gasteiger partial charge in [0, 0.05) is 18.1 Å². The summed E-state index contributed by atoms with van der Waals surface area (Å²) in [6.45, 7) is 0.118. The number of hydrogen-bond donors (Lipinski definition) is 1. The number of carbonyl (C=O) groups excluding carboxylic acids is 1. The number of alkyl halides is 2. The van der Waals surface area contributed by atoms with Crippen molar-refractivity contribution in [2.45, 2.75) is 45.8 Å². The van der Waals surface area contributed by atoms with E-state index in [4.69, 9.17) is 0 Å². The predicted molar refractivity (Wildman–Crippen MR) is 131 cm³/mol. The predicted octanol–water partition coefficient (Wildman–Crippen LogP) is 3.83. The fourth-order valence-corrected chi connectivity index (χ4v) is 6.43. The van der Waals surface area contributed by atoms with Gasteiger partial charge >= 0.3 is 18.3 Å². The van der Waals surface area contributed by atoms with Crippen LogP contribution in [0.5, 0.6) is 5.75 Å². The maximum Gasteiger partial charge on any atom is 0.387 e. The Hall–Kier alpha value is -3.54. The number of hydrogen-bond acceptors (Lipinski definition) is 6. The van der Waals surface area contributed by atoms with Crippen LogP contribution in [0.25, 0.3) is 16.7 Å². The summed E-state index contributed by atoms with van der Waals surface area (Å²) in [6, 6.07) is 8.62. The summed E-state index contributed by atoms with van der Waals surface area (Å²) in [6.07, 6.45) is 0.815. The highest BCUT2D eigenvalue weighted by Crippen LogP contribution is 2.37. The van der Waals surface area contributed by atoms with Crippen LogP contribution in [-0.2, 0) is 14.6 Å². The molecule has 0 spiro atoms. The number of Topliss-reactive ketones (excluding diaryl/α,β-unsaturated/α-hetero) is 1. The van der Waals surface area contributed by atoms with Gasteiger partial charge in [-0.2, -0.15) is 8.78 Å². The van der Waals surface area contributed by atoms with Gasteiger partial charge in [-0.25, -0.2) is 18.0 Å². The third-order valence-corrected chi connectivity index (χ3v) is 8.51. The van der Waals surface area contributed by atoms with Crippen LogP contribution in [0.3, 0.4) is 0 Å². The van der Waals surface area contributed by atoms with Crippen LogP contribution in [0.4, 0.5) is 8.78 Å². The van der Waals surface area contributed by atoms with Gasteiger partial charge in [-0.3, -0.25) is 13.9 Å². The lowest BCUT2D eigenvalue weighted by atomic mass is 9.78. The highest BCUT2D eigenvalue weighted by molar-refractivity contribution is 7.91. The Morgan fingerprint density at radius 1 is 1.11 bits per heavy atom. The fraction of sp³-hybridized carbons (Fsp3) is 0.400. The molecule has 1 saturated heterocycles. The fourth-order valence-electron chi connectivity index (χ4n) is 4.62. The average molecular weight is 537 g/mol. The van der Waals surface area contributed by atoms with Crippen LogP contribution in [-0.4, -0.2) is 52.5 Å². The van der Waals surface area contributed by atoms with Crippen molar-refractivity contribution in [3.63, 3.8) is 0 Å². The summed E-state index contributed by atoms with van der Waals surface area (Å²) >= 11 is 0. The number of aromatic nitrogens is 2. The lowest BCUT2D eigenvalue weighted by molar-refractivity contribution is -0.140. The molecule has 1 fully saturated rings. The molecule has 1 aliphatic heterocycles. The molecule has 9 nitrogen and oxygen atoms in total. The van der Waals surface area contributed by atoms with E-state index in [2.05, 4.69) is 4.74 Å². The molecular formula is C25H26F2N2O7S. The number of ether oxygens (including phenoxy) is 1. The Morgan fingerprint density at radius 3 is 2.41 bits per heavy atom. The second-order valence-electron chi connectivity index (χ2n) is 9.64. The van der Waals surface area contributed by atoms with E-state index >= 15 is 0 Å². The number of benzene rings is 2. The first-order valence-corrected chi connectivity index (χ1v) is 13.4. The van der Waals surface area contributed by atoms with Gasteiger partial charge in [0.25, 0.3) is 0 Å². The minimum atomic E-state index is -3.10. The molecule has 1 aliphatic rings. The second-order valence-corrected chi connectivity index (χ2v) is 11.9. The third-order valence-electron chi connectivity index (χ3n) is 6.86. The number of ketones is 1. The Morgan fingerprint density at radius 2 is 1.78 bits per heavy atom. The lowest BCUT2D eigenvalue weighted by Crippen LogP contribution is -2.33. The van der Waals surface area contributed by atoms with Crippen molar-refractivity contribution in [3.8, 4) is 11.4 Å². The van der Waals surface area contributed by atoms with Crippen molar-refractivity contribution < 1.29 is 36.6 Å². The van der Waals surface area contributed by atoms with Gasteiger partial charge in [0.15, 0.2) is 5.78 Å². The Balaban J connectivity index is 1.79. The van der Waals surface area contributed by atoms with Gasteiger partial charge < -0.3 is 9.84 Å². The molecule has 1 N–H and O–H groups in total. The molecule has 1 unspecified atom stereocenters. The van der Waals surface area contributed by atoms with E-state index in [0.717, 1.165) is 4.57 Å². The zero-order chi connectivity index (χ0) is 27.1. The van der Waals surface area contributed by atoms with Gasteiger partial charge in [-0.05, 0) is 55.5 Å². The zero-order valence-electron chi connectivity index (χ0n) is 20.2. The van der Waals surface area contributed by atoms with E-state index < -0.39 is 39.6 Å². The second kappa shape index (κ2) is 9.73. The number of carbonyl (C=O) groups is 2. The van der Waals surface area contributed by atoms with Gasteiger partial charge in [-0.15, -0.1) is 0 Å². The Kier molecular flexibility index (Phi) is 6.97. The van der Waals surface area contributed by atoms with E-state index in [1.165, 1.54) is 54.0 Å². The number of carboxylic acid groups (broad SMARTS) is 1. The normalized spacial score (nSPS) is 17.5. The van der Waals surface area contributed by atoms with Crippen molar-refractivity contribution >= 4 is 32.6 Å². The molecule has 37 heavy (non-hydrogen) atoms. The van der Waals surface area contributed by atoms with Gasteiger partial charge in [-0.1, -0.05) is 13.0 Å². The van der Waals surface area contributed by atoms with Gasteiger partial charge in [0.1, 0.15) is 21.6 Å². The lowest BCUT2D eigenvalue weighted by Gasteiger charge is -2.32. The highest BCUT2D eigenvalue weighted by atomic mass is 32.2. The van der Waals surface area contributed by atoms with E-state index in [0.29, 0.717) is 12.8 Å². The quantitative estimate of drug-likeness (QED) is 0.434. The molecular weight excluding hydrogens is 510 g/mol. The van der Waals surface area contributed by atoms with Crippen LogP contribution in [0, 0.1) is 5.41 Å². The molecule has 0 amide bonds. The molecule has 12 heteroatoms. The first kappa shape index (κ1) is 26.5. The van der Waals surface area contributed by atoms with Gasteiger partial charge in [0.05, 0.1) is 28.2 Å². The van der Waals surface area contributed by atoms with E-state index in [1.54, 1.807) is 0 Å². The van der Waals surface area contributed by atoms with E-state index in [9.17, 15) is 36.7 Å². The molecule has 0 bridgehead atoms. The summed E-state index contributed by atoms with van der Waals surface area (Å²) in [4.78, 5) is 38.4. The Labute approximate surface area is 211 Å². The molecule has 4 rings (SSSR count). The van der Waals surface area contributed by atoms with Crippen molar-refractivity contribution in [2.75, 3.05) is 11.5 Å².